The molecule has 1 N–H and O–H groups in total. The molecule has 0 spiro atoms. The summed E-state index contributed by atoms with van der Waals surface area (Å²) in [6, 6.07) is -0.902. The van der Waals surface area contributed by atoms with Crippen molar-refractivity contribution in [2.45, 2.75) is 341 Å². The van der Waals surface area contributed by atoms with Gasteiger partial charge in [0.05, 0.1) is 33.8 Å². The van der Waals surface area contributed by atoms with Gasteiger partial charge in [-0.1, -0.05) is 287 Å². The number of phosphoric acid groups is 1. The Balaban J connectivity index is 5.07. The first kappa shape index (κ1) is 80.5. The second kappa shape index (κ2) is 62.5. The van der Waals surface area contributed by atoms with Crippen molar-refractivity contribution in [2.24, 2.45) is 0 Å². The monoisotopic (exact) mass is 1180 g/mol. The van der Waals surface area contributed by atoms with E-state index in [0.717, 1.165) is 83.5 Å². The van der Waals surface area contributed by atoms with Crippen LogP contribution in [-0.4, -0.2) is 69.4 Å². The fourth-order valence-corrected chi connectivity index (χ4v) is 10.9. The Morgan fingerprint density at radius 2 is 0.735 bits per heavy atom. The van der Waals surface area contributed by atoms with Gasteiger partial charge in [0.15, 0.2) is 0 Å². The summed E-state index contributed by atoms with van der Waals surface area (Å²) in [5, 5.41) is 3.03. The van der Waals surface area contributed by atoms with Gasteiger partial charge in [0.2, 0.25) is 5.91 Å². The van der Waals surface area contributed by atoms with Crippen molar-refractivity contribution >= 4 is 19.7 Å². The molecule has 0 aliphatic carbocycles. The van der Waals surface area contributed by atoms with Crippen LogP contribution in [0.25, 0.3) is 0 Å². The minimum absolute atomic E-state index is 0.0277. The number of ether oxygens (including phenoxy) is 1. The Bertz CT molecular complexity index is 1650. The fourth-order valence-electron chi connectivity index (χ4n) is 10.1. The molecule has 9 nitrogen and oxygen atoms in total. The summed E-state index contributed by atoms with van der Waals surface area (Å²) in [6.45, 7) is 6.81. The minimum atomic E-state index is -4.71. The van der Waals surface area contributed by atoms with Gasteiger partial charge in [-0.3, -0.25) is 14.2 Å². The summed E-state index contributed by atoms with van der Waals surface area (Å²) < 4.78 is 30.4. The van der Waals surface area contributed by atoms with Crippen molar-refractivity contribution < 1.29 is 37.3 Å². The molecule has 0 aromatic rings. The van der Waals surface area contributed by atoms with Gasteiger partial charge in [-0.05, 0) is 102 Å². The normalized spacial score (nSPS) is 14.0. The van der Waals surface area contributed by atoms with Crippen molar-refractivity contribution in [3.63, 3.8) is 0 Å². The van der Waals surface area contributed by atoms with Crippen LogP contribution >= 0.6 is 7.82 Å². The molecule has 0 aliphatic heterocycles. The number of hydrogen-bond acceptors (Lipinski definition) is 7. The van der Waals surface area contributed by atoms with Crippen molar-refractivity contribution in [3.8, 4) is 0 Å². The minimum Gasteiger partial charge on any atom is -0.756 e. The average molecular weight is 1180 g/mol. The molecular weight excluding hydrogens is 1050 g/mol. The van der Waals surface area contributed by atoms with E-state index in [9.17, 15) is 19.0 Å². The topological polar surface area (TPSA) is 114 Å². The highest BCUT2D eigenvalue weighted by atomic mass is 31.2. The summed E-state index contributed by atoms with van der Waals surface area (Å²) in [5.41, 5.74) is 0. The van der Waals surface area contributed by atoms with E-state index in [2.05, 4.69) is 86.8 Å². The SMILES string of the molecule is CCCCC/C=C\C/C=C\C/C=C\CCCCCCC(=O)NC(COP(=O)([O-])OCC[N+](C)(C)C)C(/C=C\CCCCCCCCCCCCC)OC(=O)CCCCCCCCCCCCCCCCCCC/C=C\C/C=C\CCCCC. The number of nitrogens with zero attached hydrogens (tertiary/aromatic N) is 1. The Kier molecular flexibility index (Phi) is 60.6. The molecule has 3 unspecified atom stereocenters. The number of hydrogen-bond donors (Lipinski definition) is 1. The number of esters is 1. The molecule has 0 aromatic carbocycles. The quantitative estimate of drug-likeness (QED) is 0.0212. The van der Waals surface area contributed by atoms with Crippen molar-refractivity contribution in [2.75, 3.05) is 40.9 Å². The lowest BCUT2D eigenvalue weighted by Crippen LogP contribution is -2.47. The number of nitrogens with one attached hydrogen (secondary N) is 1. The van der Waals surface area contributed by atoms with E-state index in [4.69, 9.17) is 13.8 Å². The third kappa shape index (κ3) is 63.8. The van der Waals surface area contributed by atoms with E-state index in [1.807, 2.05) is 33.3 Å². The van der Waals surface area contributed by atoms with Gasteiger partial charge < -0.3 is 28.5 Å². The molecule has 0 aromatic heterocycles. The molecule has 0 saturated carbocycles. The molecule has 3 atom stereocenters. The fraction of sp³-hybridized carbons (Fsp3) is 0.808. The van der Waals surface area contributed by atoms with Crippen molar-refractivity contribution in [1.29, 1.82) is 0 Å². The third-order valence-corrected chi connectivity index (χ3v) is 16.6. The van der Waals surface area contributed by atoms with E-state index >= 15 is 0 Å². The van der Waals surface area contributed by atoms with Crippen LogP contribution in [0.2, 0.25) is 0 Å². The van der Waals surface area contributed by atoms with Crippen molar-refractivity contribution in [1.82, 2.24) is 5.32 Å². The standard InChI is InChI=1S/C73H135N2O7P/c1-7-10-13-16-19-22-25-28-30-32-33-34-35-36-37-38-39-40-41-43-45-48-51-54-57-60-63-66-73(77)82-71(64-61-58-55-52-49-46-27-24-21-18-15-12-9-3)70(69-81-83(78,79)80-68-67-75(4,5)6)74-72(76)65-62-59-56-53-50-47-44-42-31-29-26-23-20-17-14-11-8-2/h19-20,22-23,28-31,44,47,61,64,70-71H,7-18,21,24-27,32-43,45-46,48-60,62-63,65-69H2,1-6H3,(H-,74,76,78,79)/b22-19-,23-20-,30-28-,31-29-,47-44-,64-61-. The summed E-state index contributed by atoms with van der Waals surface area (Å²) in [4.78, 5) is 40.1. The molecule has 0 saturated heterocycles. The van der Waals surface area contributed by atoms with Gasteiger partial charge >= 0.3 is 5.97 Å². The van der Waals surface area contributed by atoms with E-state index in [1.165, 1.54) is 205 Å². The van der Waals surface area contributed by atoms with E-state index in [-0.39, 0.29) is 24.9 Å². The van der Waals surface area contributed by atoms with Crippen LogP contribution in [0.1, 0.15) is 329 Å². The predicted octanol–water partition coefficient (Wildman–Crippen LogP) is 21.7. The second-order valence-electron chi connectivity index (χ2n) is 25.0. The average Bonchev–Trinajstić information content (AvgIpc) is 3.46. The maximum atomic E-state index is 13.6. The van der Waals surface area contributed by atoms with Crippen LogP contribution in [0.4, 0.5) is 0 Å². The number of carbonyl (C=O) groups excluding carboxylic acids is 2. The number of unbranched alkanes of at least 4 members (excludes halogenated alkanes) is 38. The molecule has 0 rings (SSSR count). The number of amides is 1. The van der Waals surface area contributed by atoms with Crippen LogP contribution < -0.4 is 10.2 Å². The number of likely N-dealkylation sites (N-methyl/N-ethyl adjacent to an activating group) is 1. The molecule has 0 heterocycles. The summed E-state index contributed by atoms with van der Waals surface area (Å²) in [7, 11) is 1.17. The highest BCUT2D eigenvalue weighted by molar-refractivity contribution is 7.45. The third-order valence-electron chi connectivity index (χ3n) is 15.6. The maximum Gasteiger partial charge on any atom is 0.306 e. The Labute approximate surface area is 514 Å². The van der Waals surface area contributed by atoms with Gasteiger partial charge in [0, 0.05) is 12.8 Å². The molecule has 10 heteroatoms. The summed E-state index contributed by atoms with van der Waals surface area (Å²) in [5.74, 6) is -0.556. The van der Waals surface area contributed by atoms with Crippen LogP contribution in [-0.2, 0) is 27.9 Å². The van der Waals surface area contributed by atoms with Crippen LogP contribution in [0.3, 0.4) is 0 Å². The summed E-state index contributed by atoms with van der Waals surface area (Å²) in [6.07, 6.45) is 81.7. The molecule has 0 bridgehead atoms. The Hall–Kier alpha value is -2.55. The highest BCUT2D eigenvalue weighted by Crippen LogP contribution is 2.38. The lowest BCUT2D eigenvalue weighted by molar-refractivity contribution is -0.870. The van der Waals surface area contributed by atoms with Gasteiger partial charge in [0.25, 0.3) is 7.82 Å². The molecule has 484 valence electrons. The molecule has 1 amide bonds. The predicted molar refractivity (Wildman–Crippen MR) is 358 cm³/mol. The number of allylic oxidation sites excluding steroid dienone is 11. The lowest BCUT2D eigenvalue weighted by atomic mass is 10.0. The summed E-state index contributed by atoms with van der Waals surface area (Å²) >= 11 is 0. The van der Waals surface area contributed by atoms with Crippen LogP contribution in [0, 0.1) is 0 Å². The zero-order valence-electron chi connectivity index (χ0n) is 55.4. The maximum absolute atomic E-state index is 13.6. The highest BCUT2D eigenvalue weighted by Gasteiger charge is 2.27. The molecule has 0 radical (unpaired) electrons. The first-order valence-corrected chi connectivity index (χ1v) is 36.7. The number of quaternary nitrogens is 1. The van der Waals surface area contributed by atoms with Crippen LogP contribution in [0.5, 0.6) is 0 Å². The largest absolute Gasteiger partial charge is 0.756 e. The zero-order chi connectivity index (χ0) is 60.7. The molecule has 0 fully saturated rings. The van der Waals surface area contributed by atoms with Gasteiger partial charge in [-0.2, -0.15) is 0 Å². The van der Waals surface area contributed by atoms with Crippen molar-refractivity contribution in [3.05, 3.63) is 72.9 Å². The molecule has 83 heavy (non-hydrogen) atoms. The van der Waals surface area contributed by atoms with E-state index in [0.29, 0.717) is 23.9 Å². The lowest BCUT2D eigenvalue weighted by Gasteiger charge is -2.30. The van der Waals surface area contributed by atoms with Gasteiger partial charge in [-0.15, -0.1) is 0 Å². The number of carbonyl (C=O) groups is 2. The van der Waals surface area contributed by atoms with E-state index < -0.39 is 26.6 Å². The molecule has 0 aliphatic rings. The van der Waals surface area contributed by atoms with Gasteiger partial charge in [-0.25, -0.2) is 0 Å². The smallest absolute Gasteiger partial charge is 0.306 e. The zero-order valence-corrected chi connectivity index (χ0v) is 56.3. The first-order valence-electron chi connectivity index (χ1n) is 35.2. The second-order valence-corrected chi connectivity index (χ2v) is 26.4. The van der Waals surface area contributed by atoms with Crippen LogP contribution in [0.15, 0.2) is 72.9 Å². The Morgan fingerprint density at radius 1 is 0.422 bits per heavy atom. The Morgan fingerprint density at radius 3 is 1.12 bits per heavy atom. The molecular formula is C73H135N2O7P. The van der Waals surface area contributed by atoms with E-state index in [1.54, 1.807) is 0 Å². The van der Waals surface area contributed by atoms with Gasteiger partial charge in [0.1, 0.15) is 19.3 Å². The number of rotatable bonds is 64. The number of phosphoric ester groups is 1. The first-order chi connectivity index (χ1) is 40.4.